The summed E-state index contributed by atoms with van der Waals surface area (Å²) in [5.41, 5.74) is -0.503. The molecule has 1 atom stereocenters. The van der Waals surface area contributed by atoms with E-state index in [2.05, 4.69) is 5.32 Å². The minimum absolute atomic E-state index is 0.109. The molecule has 1 N–H and O–H groups in total. The third-order valence-corrected chi connectivity index (χ3v) is 3.80. The van der Waals surface area contributed by atoms with E-state index >= 15 is 0 Å². The van der Waals surface area contributed by atoms with Crippen LogP contribution in [0.25, 0.3) is 0 Å². The van der Waals surface area contributed by atoms with E-state index in [0.29, 0.717) is 0 Å². The smallest absolute Gasteiger partial charge is 0.410 e. The number of amides is 1. The Hall–Kier alpha value is -0.910. The summed E-state index contributed by atoms with van der Waals surface area (Å²) < 4.78 is 30.4. The van der Waals surface area contributed by atoms with Gasteiger partial charge in [-0.25, -0.2) is 13.6 Å². The third-order valence-electron chi connectivity index (χ3n) is 3.80. The van der Waals surface area contributed by atoms with Crippen LogP contribution in [0.5, 0.6) is 0 Å². The number of hydrogen-bond acceptors (Lipinski definition) is 3. The van der Waals surface area contributed by atoms with E-state index < -0.39 is 18.1 Å². The van der Waals surface area contributed by atoms with Crippen molar-refractivity contribution in [3.05, 3.63) is 0 Å². The van der Waals surface area contributed by atoms with Gasteiger partial charge in [-0.2, -0.15) is 0 Å². The molecule has 1 rings (SSSR count). The van der Waals surface area contributed by atoms with Crippen LogP contribution in [0.2, 0.25) is 0 Å². The van der Waals surface area contributed by atoms with Crippen molar-refractivity contribution in [3.63, 3.8) is 0 Å². The maximum absolute atomic E-state index is 12.5. The van der Waals surface area contributed by atoms with Crippen LogP contribution >= 0.6 is 0 Å². The van der Waals surface area contributed by atoms with Gasteiger partial charge in [0, 0.05) is 19.1 Å². The Morgan fingerprint density at radius 2 is 1.76 bits per heavy atom. The second-order valence-corrected chi connectivity index (χ2v) is 6.89. The summed E-state index contributed by atoms with van der Waals surface area (Å²) in [6, 6.07) is -0.549. The summed E-state index contributed by atoms with van der Waals surface area (Å²) in [5, 5.41) is 2.96. The Morgan fingerprint density at radius 1 is 1.24 bits per heavy atom. The fraction of sp³-hybridized carbons (Fsp3) is 0.933. The first-order valence-corrected chi connectivity index (χ1v) is 7.60. The minimum atomic E-state index is -2.34. The Bertz CT molecular complexity index is 337. The highest BCUT2D eigenvalue weighted by atomic mass is 19.3. The molecule has 0 aromatic heterocycles. The lowest BCUT2D eigenvalue weighted by Crippen LogP contribution is -2.47. The van der Waals surface area contributed by atoms with Crippen LogP contribution in [0.4, 0.5) is 13.6 Å². The first-order chi connectivity index (χ1) is 9.60. The van der Waals surface area contributed by atoms with Gasteiger partial charge >= 0.3 is 6.09 Å². The predicted molar refractivity (Wildman–Crippen MR) is 78.6 cm³/mol. The zero-order chi connectivity index (χ0) is 16.2. The Labute approximate surface area is 126 Å². The predicted octanol–water partition coefficient (Wildman–Crippen LogP) is 3.41. The van der Waals surface area contributed by atoms with Crippen LogP contribution in [0, 0.1) is 0 Å². The monoisotopic (exact) mass is 306 g/mol. The molecular weight excluding hydrogens is 278 g/mol. The highest BCUT2D eigenvalue weighted by Gasteiger charge is 2.30. The SMILES string of the molecule is CC(NC1CCC(N(C)C(=O)OC(C)(C)C)CC1)C(F)F. The van der Waals surface area contributed by atoms with Crippen molar-refractivity contribution in [1.82, 2.24) is 10.2 Å². The molecule has 1 fully saturated rings. The Morgan fingerprint density at radius 3 is 2.19 bits per heavy atom. The molecule has 4 nitrogen and oxygen atoms in total. The normalized spacial score (nSPS) is 24.8. The first-order valence-electron chi connectivity index (χ1n) is 7.60. The van der Waals surface area contributed by atoms with Crippen LogP contribution in [0.15, 0.2) is 0 Å². The van der Waals surface area contributed by atoms with Gasteiger partial charge in [0.25, 0.3) is 6.43 Å². The van der Waals surface area contributed by atoms with Crippen molar-refractivity contribution < 1.29 is 18.3 Å². The number of nitrogens with zero attached hydrogens (tertiary/aromatic N) is 1. The van der Waals surface area contributed by atoms with Gasteiger partial charge in [0.05, 0.1) is 6.04 Å². The second kappa shape index (κ2) is 7.38. The number of ether oxygens (including phenoxy) is 1. The van der Waals surface area contributed by atoms with Crippen molar-refractivity contribution >= 4 is 6.09 Å². The van der Waals surface area contributed by atoms with Crippen molar-refractivity contribution in [2.75, 3.05) is 7.05 Å². The standard InChI is InChI=1S/C15H28F2N2O2/c1-10(13(16)17)18-11-6-8-12(9-7-11)19(5)14(20)21-15(2,3)4/h10-13,18H,6-9H2,1-5H3. The van der Waals surface area contributed by atoms with Crippen LogP contribution in [0.3, 0.4) is 0 Å². The van der Waals surface area contributed by atoms with Gasteiger partial charge in [-0.3, -0.25) is 0 Å². The summed E-state index contributed by atoms with van der Waals surface area (Å²) in [4.78, 5) is 13.6. The van der Waals surface area contributed by atoms with E-state index in [-0.39, 0.29) is 18.2 Å². The highest BCUT2D eigenvalue weighted by Crippen LogP contribution is 2.24. The Balaban J connectivity index is 2.40. The quantitative estimate of drug-likeness (QED) is 0.865. The van der Waals surface area contributed by atoms with Gasteiger partial charge in [-0.15, -0.1) is 0 Å². The van der Waals surface area contributed by atoms with Crippen LogP contribution < -0.4 is 5.32 Å². The summed E-state index contributed by atoms with van der Waals surface area (Å²) in [5.74, 6) is 0. The summed E-state index contributed by atoms with van der Waals surface area (Å²) >= 11 is 0. The van der Waals surface area contributed by atoms with E-state index in [1.165, 1.54) is 6.92 Å². The molecule has 1 saturated carbocycles. The maximum Gasteiger partial charge on any atom is 0.410 e. The van der Waals surface area contributed by atoms with Crippen LogP contribution in [-0.2, 0) is 4.74 Å². The minimum Gasteiger partial charge on any atom is -0.444 e. The average molecular weight is 306 g/mol. The van der Waals surface area contributed by atoms with Crippen molar-refractivity contribution in [2.45, 2.75) is 83.5 Å². The van der Waals surface area contributed by atoms with Gasteiger partial charge in [0.1, 0.15) is 5.60 Å². The Kier molecular flexibility index (Phi) is 6.38. The van der Waals surface area contributed by atoms with Gasteiger partial charge in [0.2, 0.25) is 0 Å². The van der Waals surface area contributed by atoms with Crippen molar-refractivity contribution in [2.24, 2.45) is 0 Å². The maximum atomic E-state index is 12.5. The molecule has 0 aliphatic heterocycles. The molecule has 0 heterocycles. The lowest BCUT2D eigenvalue weighted by molar-refractivity contribution is 0.0173. The summed E-state index contributed by atoms with van der Waals surface area (Å²) in [6.07, 6.45) is 0.559. The van der Waals surface area contributed by atoms with E-state index in [0.717, 1.165) is 25.7 Å². The molecular formula is C15H28F2N2O2. The van der Waals surface area contributed by atoms with E-state index in [1.54, 1.807) is 11.9 Å². The molecule has 1 unspecified atom stereocenters. The molecule has 21 heavy (non-hydrogen) atoms. The van der Waals surface area contributed by atoms with Crippen LogP contribution in [0.1, 0.15) is 53.4 Å². The largest absolute Gasteiger partial charge is 0.444 e. The number of carbonyl (C=O) groups is 1. The lowest BCUT2D eigenvalue weighted by Gasteiger charge is -2.36. The van der Waals surface area contributed by atoms with Gasteiger partial charge in [-0.1, -0.05) is 0 Å². The van der Waals surface area contributed by atoms with Crippen molar-refractivity contribution in [1.29, 1.82) is 0 Å². The summed E-state index contributed by atoms with van der Waals surface area (Å²) in [7, 11) is 1.74. The number of alkyl halides is 2. The number of halogens is 2. The number of hydrogen-bond donors (Lipinski definition) is 1. The molecule has 0 aromatic rings. The molecule has 0 aromatic carbocycles. The molecule has 0 radical (unpaired) electrons. The fourth-order valence-electron chi connectivity index (χ4n) is 2.56. The molecule has 1 aliphatic rings. The topological polar surface area (TPSA) is 41.6 Å². The number of nitrogens with one attached hydrogen (secondary N) is 1. The first kappa shape index (κ1) is 18.1. The molecule has 124 valence electrons. The van der Waals surface area contributed by atoms with E-state index in [1.807, 2.05) is 20.8 Å². The fourth-order valence-corrected chi connectivity index (χ4v) is 2.56. The van der Waals surface area contributed by atoms with E-state index in [9.17, 15) is 13.6 Å². The second-order valence-electron chi connectivity index (χ2n) is 6.89. The van der Waals surface area contributed by atoms with Gasteiger partial charge in [-0.05, 0) is 53.4 Å². The van der Waals surface area contributed by atoms with Crippen LogP contribution in [-0.4, -0.2) is 48.2 Å². The van der Waals surface area contributed by atoms with Gasteiger partial charge < -0.3 is 15.0 Å². The average Bonchev–Trinajstić information content (AvgIpc) is 2.36. The zero-order valence-corrected chi connectivity index (χ0v) is 13.7. The molecule has 0 saturated heterocycles. The lowest BCUT2D eigenvalue weighted by atomic mass is 9.90. The number of rotatable bonds is 4. The van der Waals surface area contributed by atoms with E-state index in [4.69, 9.17) is 4.74 Å². The number of carbonyl (C=O) groups excluding carboxylic acids is 1. The molecule has 1 amide bonds. The molecule has 6 heteroatoms. The third kappa shape index (κ3) is 6.16. The molecule has 0 spiro atoms. The highest BCUT2D eigenvalue weighted by molar-refractivity contribution is 5.68. The van der Waals surface area contributed by atoms with Crippen molar-refractivity contribution in [3.8, 4) is 0 Å². The molecule has 0 bridgehead atoms. The zero-order valence-electron chi connectivity index (χ0n) is 13.7. The molecule has 1 aliphatic carbocycles. The summed E-state index contributed by atoms with van der Waals surface area (Å²) in [6.45, 7) is 7.02. The van der Waals surface area contributed by atoms with Gasteiger partial charge in [0.15, 0.2) is 0 Å².